The lowest BCUT2D eigenvalue weighted by Crippen LogP contribution is -2.13. The third-order valence-electron chi connectivity index (χ3n) is 3.07. The van der Waals surface area contributed by atoms with Gasteiger partial charge < -0.3 is 9.84 Å². The monoisotopic (exact) mass is 258 g/mol. The predicted octanol–water partition coefficient (Wildman–Crippen LogP) is 3.67. The van der Waals surface area contributed by atoms with Crippen LogP contribution in [-0.4, -0.2) is 11.1 Å². The molecule has 0 saturated carbocycles. The molecule has 100 valence electrons. The minimum atomic E-state index is -0.183. The number of amides is 1. The zero-order valence-corrected chi connectivity index (χ0v) is 11.7. The summed E-state index contributed by atoms with van der Waals surface area (Å²) < 4.78 is 5.01. The Morgan fingerprint density at radius 1 is 1.32 bits per heavy atom. The summed E-state index contributed by atoms with van der Waals surface area (Å²) in [5, 5.41) is 6.67. The van der Waals surface area contributed by atoms with Crippen LogP contribution in [0.3, 0.4) is 0 Å². The van der Waals surface area contributed by atoms with Crippen molar-refractivity contribution in [2.45, 2.75) is 33.6 Å². The molecule has 0 aliphatic heterocycles. The van der Waals surface area contributed by atoms with Crippen LogP contribution in [0, 0.1) is 13.8 Å². The highest BCUT2D eigenvalue weighted by Gasteiger charge is 2.17. The minimum Gasteiger partial charge on any atom is -0.361 e. The van der Waals surface area contributed by atoms with E-state index in [1.165, 1.54) is 5.56 Å². The first-order chi connectivity index (χ1) is 8.99. The van der Waals surface area contributed by atoms with Gasteiger partial charge in [-0.15, -0.1) is 0 Å². The summed E-state index contributed by atoms with van der Waals surface area (Å²) in [6.45, 7) is 7.74. The molecule has 4 heteroatoms. The SMILES string of the molecule is Cc1noc(C)c1C(=O)Nc1cccc(C(C)C)c1. The Balaban J connectivity index is 2.22. The maximum atomic E-state index is 12.2. The molecule has 1 amide bonds. The molecule has 0 spiro atoms. The Morgan fingerprint density at radius 3 is 2.63 bits per heavy atom. The lowest BCUT2D eigenvalue weighted by Gasteiger charge is -2.09. The predicted molar refractivity (Wildman–Crippen MR) is 74.5 cm³/mol. The fourth-order valence-corrected chi connectivity index (χ4v) is 1.98. The van der Waals surface area contributed by atoms with E-state index < -0.39 is 0 Å². The number of nitrogens with one attached hydrogen (secondary N) is 1. The fourth-order valence-electron chi connectivity index (χ4n) is 1.98. The van der Waals surface area contributed by atoms with Gasteiger partial charge in [-0.1, -0.05) is 31.1 Å². The van der Waals surface area contributed by atoms with E-state index in [4.69, 9.17) is 4.52 Å². The molecule has 0 aliphatic rings. The van der Waals surface area contributed by atoms with Crippen LogP contribution < -0.4 is 5.32 Å². The van der Waals surface area contributed by atoms with Crippen LogP contribution in [0.15, 0.2) is 28.8 Å². The van der Waals surface area contributed by atoms with Crippen LogP contribution in [0.5, 0.6) is 0 Å². The van der Waals surface area contributed by atoms with Crippen molar-refractivity contribution in [1.29, 1.82) is 0 Å². The van der Waals surface area contributed by atoms with E-state index in [9.17, 15) is 4.79 Å². The van der Waals surface area contributed by atoms with Crippen molar-refractivity contribution >= 4 is 11.6 Å². The van der Waals surface area contributed by atoms with E-state index in [0.29, 0.717) is 22.9 Å². The number of nitrogens with zero attached hydrogens (tertiary/aromatic N) is 1. The van der Waals surface area contributed by atoms with Gasteiger partial charge >= 0.3 is 0 Å². The molecule has 0 bridgehead atoms. The normalized spacial score (nSPS) is 10.8. The zero-order valence-electron chi connectivity index (χ0n) is 11.7. The van der Waals surface area contributed by atoms with Crippen LogP contribution in [0.1, 0.15) is 47.1 Å². The summed E-state index contributed by atoms with van der Waals surface area (Å²) >= 11 is 0. The van der Waals surface area contributed by atoms with Crippen molar-refractivity contribution in [2.24, 2.45) is 0 Å². The van der Waals surface area contributed by atoms with Gasteiger partial charge in [0.05, 0.1) is 5.69 Å². The highest BCUT2D eigenvalue weighted by Crippen LogP contribution is 2.20. The van der Waals surface area contributed by atoms with E-state index in [0.717, 1.165) is 5.69 Å². The third kappa shape index (κ3) is 2.84. The highest BCUT2D eigenvalue weighted by atomic mass is 16.5. The summed E-state index contributed by atoms with van der Waals surface area (Å²) in [6, 6.07) is 7.86. The Morgan fingerprint density at radius 2 is 2.05 bits per heavy atom. The molecule has 19 heavy (non-hydrogen) atoms. The van der Waals surface area contributed by atoms with Gasteiger partial charge in [0.15, 0.2) is 0 Å². The smallest absolute Gasteiger partial charge is 0.261 e. The van der Waals surface area contributed by atoms with Gasteiger partial charge in [-0.2, -0.15) is 0 Å². The van der Waals surface area contributed by atoms with Gasteiger partial charge in [0.2, 0.25) is 0 Å². The maximum Gasteiger partial charge on any atom is 0.261 e. The van der Waals surface area contributed by atoms with Crippen molar-refractivity contribution in [3.05, 3.63) is 46.8 Å². The Hall–Kier alpha value is -2.10. The van der Waals surface area contributed by atoms with Crippen molar-refractivity contribution in [2.75, 3.05) is 5.32 Å². The topological polar surface area (TPSA) is 55.1 Å². The highest BCUT2D eigenvalue weighted by molar-refractivity contribution is 6.05. The molecule has 0 atom stereocenters. The number of anilines is 1. The number of hydrogen-bond acceptors (Lipinski definition) is 3. The fraction of sp³-hybridized carbons (Fsp3) is 0.333. The van der Waals surface area contributed by atoms with Crippen LogP contribution >= 0.6 is 0 Å². The summed E-state index contributed by atoms with van der Waals surface area (Å²) in [6.07, 6.45) is 0. The average molecular weight is 258 g/mol. The first-order valence-corrected chi connectivity index (χ1v) is 6.33. The van der Waals surface area contributed by atoms with E-state index in [-0.39, 0.29) is 5.91 Å². The van der Waals surface area contributed by atoms with Crippen LogP contribution in [0.4, 0.5) is 5.69 Å². The first-order valence-electron chi connectivity index (χ1n) is 6.33. The Bertz CT molecular complexity index is 580. The number of carbonyl (C=O) groups excluding carboxylic acids is 1. The van der Waals surface area contributed by atoms with Gasteiger partial charge in [0, 0.05) is 5.69 Å². The van der Waals surface area contributed by atoms with Gasteiger partial charge in [-0.3, -0.25) is 4.79 Å². The summed E-state index contributed by atoms with van der Waals surface area (Å²) in [7, 11) is 0. The molecule has 1 N–H and O–H groups in total. The molecular weight excluding hydrogens is 240 g/mol. The second-order valence-corrected chi connectivity index (χ2v) is 4.93. The number of aryl methyl sites for hydroxylation is 2. The lowest BCUT2D eigenvalue weighted by atomic mass is 10.0. The Kier molecular flexibility index (Phi) is 3.69. The third-order valence-corrected chi connectivity index (χ3v) is 3.07. The molecule has 1 heterocycles. The Labute approximate surface area is 112 Å². The molecule has 0 unspecified atom stereocenters. The quantitative estimate of drug-likeness (QED) is 0.913. The molecular formula is C15H18N2O2. The van der Waals surface area contributed by atoms with Gasteiger partial charge in [0.1, 0.15) is 11.3 Å². The van der Waals surface area contributed by atoms with Gasteiger partial charge in [-0.05, 0) is 37.5 Å². The number of hydrogen-bond donors (Lipinski definition) is 1. The molecule has 2 rings (SSSR count). The van der Waals surface area contributed by atoms with Crippen LogP contribution in [0.2, 0.25) is 0 Å². The molecule has 4 nitrogen and oxygen atoms in total. The molecule has 1 aromatic heterocycles. The van der Waals surface area contributed by atoms with E-state index in [1.54, 1.807) is 13.8 Å². The standard InChI is InChI=1S/C15H18N2O2/c1-9(2)12-6-5-7-13(8-12)16-15(18)14-10(3)17-19-11(14)4/h5-9H,1-4H3,(H,16,18). The molecule has 0 saturated heterocycles. The maximum absolute atomic E-state index is 12.2. The molecule has 2 aromatic rings. The second kappa shape index (κ2) is 5.26. The number of carbonyl (C=O) groups is 1. The average Bonchev–Trinajstić information content (AvgIpc) is 2.69. The van der Waals surface area contributed by atoms with Crippen molar-refractivity contribution in [1.82, 2.24) is 5.16 Å². The van der Waals surface area contributed by atoms with Gasteiger partial charge in [0.25, 0.3) is 5.91 Å². The lowest BCUT2D eigenvalue weighted by molar-refractivity contribution is 0.102. The summed E-state index contributed by atoms with van der Waals surface area (Å²) in [4.78, 5) is 12.2. The summed E-state index contributed by atoms with van der Waals surface area (Å²) in [5.74, 6) is 0.781. The van der Waals surface area contributed by atoms with Crippen molar-refractivity contribution in [3.8, 4) is 0 Å². The first kappa shape index (κ1) is 13.3. The number of aromatic nitrogens is 1. The van der Waals surface area contributed by atoms with Crippen LogP contribution in [0.25, 0.3) is 0 Å². The molecule has 0 aliphatic carbocycles. The van der Waals surface area contributed by atoms with Crippen molar-refractivity contribution in [3.63, 3.8) is 0 Å². The van der Waals surface area contributed by atoms with E-state index in [1.807, 2.05) is 18.2 Å². The minimum absolute atomic E-state index is 0.183. The summed E-state index contributed by atoms with van der Waals surface area (Å²) in [5.41, 5.74) is 3.10. The molecule has 0 fully saturated rings. The molecule has 1 aromatic carbocycles. The molecule has 0 radical (unpaired) electrons. The van der Waals surface area contributed by atoms with E-state index in [2.05, 4.69) is 30.4 Å². The van der Waals surface area contributed by atoms with Gasteiger partial charge in [-0.25, -0.2) is 0 Å². The van der Waals surface area contributed by atoms with Crippen LogP contribution in [-0.2, 0) is 0 Å². The van der Waals surface area contributed by atoms with E-state index >= 15 is 0 Å². The number of benzene rings is 1. The van der Waals surface area contributed by atoms with Crippen molar-refractivity contribution < 1.29 is 9.32 Å². The second-order valence-electron chi connectivity index (χ2n) is 4.93. The zero-order chi connectivity index (χ0) is 14.0. The largest absolute Gasteiger partial charge is 0.361 e. The number of rotatable bonds is 3.